The summed E-state index contributed by atoms with van der Waals surface area (Å²) < 4.78 is 5.26. The van der Waals surface area contributed by atoms with Gasteiger partial charge in [-0.25, -0.2) is 0 Å². The number of benzene rings is 2. The van der Waals surface area contributed by atoms with Crippen molar-refractivity contribution in [2.24, 2.45) is 0 Å². The summed E-state index contributed by atoms with van der Waals surface area (Å²) >= 11 is 0. The molecule has 0 bridgehead atoms. The summed E-state index contributed by atoms with van der Waals surface area (Å²) in [5, 5.41) is 22.7. The number of anilines is 2. The van der Waals surface area contributed by atoms with Crippen molar-refractivity contribution in [1.29, 1.82) is 0 Å². The van der Waals surface area contributed by atoms with Crippen LogP contribution in [-0.4, -0.2) is 35.0 Å². The number of hydrogen-bond donors (Lipinski definition) is 2. The van der Waals surface area contributed by atoms with E-state index >= 15 is 0 Å². The molecule has 9 heteroatoms. The van der Waals surface area contributed by atoms with Crippen LogP contribution in [0.1, 0.15) is 5.56 Å². The van der Waals surface area contributed by atoms with Crippen molar-refractivity contribution in [1.82, 2.24) is 0 Å². The Morgan fingerprint density at radius 1 is 1.31 bits per heavy atom. The van der Waals surface area contributed by atoms with Crippen LogP contribution >= 0.6 is 0 Å². The van der Waals surface area contributed by atoms with Gasteiger partial charge in [0.05, 0.1) is 17.2 Å². The number of non-ortho nitro benzene ring substituents is 1. The van der Waals surface area contributed by atoms with Crippen LogP contribution in [-0.2, 0) is 16.2 Å². The van der Waals surface area contributed by atoms with Gasteiger partial charge in [0.15, 0.2) is 6.61 Å². The first-order valence-electron chi connectivity index (χ1n) is 7.69. The topological polar surface area (TPSA) is 122 Å². The molecule has 1 heterocycles. The third kappa shape index (κ3) is 3.62. The molecule has 2 aromatic rings. The average Bonchev–Trinajstić information content (AvgIpc) is 2.63. The molecule has 2 amide bonds. The van der Waals surface area contributed by atoms with Gasteiger partial charge in [-0.1, -0.05) is 12.1 Å². The highest BCUT2D eigenvalue weighted by Gasteiger charge is 2.29. The standard InChI is InChI=1S/C17H15N3O6/c21-9-11-2-1-3-12(6-11)18-16(22)8-19-14-7-13(20(24)25)4-5-15(14)26-10-17(19)23/h1-7,21H,8-10H2,(H,18,22). The molecule has 0 unspecified atom stereocenters. The summed E-state index contributed by atoms with van der Waals surface area (Å²) in [6.45, 7) is -0.736. The van der Waals surface area contributed by atoms with Crippen LogP contribution in [0.5, 0.6) is 5.75 Å². The number of nitro benzene ring substituents is 1. The summed E-state index contributed by atoms with van der Waals surface area (Å²) in [5.41, 5.74) is 1.07. The van der Waals surface area contributed by atoms with Crippen molar-refractivity contribution >= 4 is 28.9 Å². The molecule has 134 valence electrons. The van der Waals surface area contributed by atoms with E-state index in [2.05, 4.69) is 5.32 Å². The number of nitrogens with zero attached hydrogens (tertiary/aromatic N) is 2. The van der Waals surface area contributed by atoms with Crippen LogP contribution in [0.3, 0.4) is 0 Å². The van der Waals surface area contributed by atoms with Crippen molar-refractivity contribution in [3.63, 3.8) is 0 Å². The lowest BCUT2D eigenvalue weighted by Gasteiger charge is -2.28. The Labute approximate surface area is 148 Å². The number of fused-ring (bicyclic) bond motifs is 1. The van der Waals surface area contributed by atoms with Gasteiger partial charge in [0.2, 0.25) is 5.91 Å². The fourth-order valence-corrected chi connectivity index (χ4v) is 2.57. The Morgan fingerprint density at radius 2 is 2.12 bits per heavy atom. The van der Waals surface area contributed by atoms with Crippen molar-refractivity contribution in [2.75, 3.05) is 23.4 Å². The number of nitro groups is 1. The first-order chi connectivity index (χ1) is 12.5. The molecule has 0 saturated carbocycles. The first-order valence-corrected chi connectivity index (χ1v) is 7.69. The van der Waals surface area contributed by atoms with E-state index in [1.165, 1.54) is 18.2 Å². The molecule has 3 rings (SSSR count). The maximum atomic E-state index is 12.3. The molecule has 2 N–H and O–H groups in total. The molecule has 1 aliphatic heterocycles. The second-order valence-corrected chi connectivity index (χ2v) is 5.58. The molecule has 0 radical (unpaired) electrons. The van der Waals surface area contributed by atoms with E-state index in [1.54, 1.807) is 24.3 Å². The van der Waals surface area contributed by atoms with Gasteiger partial charge in [-0.2, -0.15) is 0 Å². The predicted molar refractivity (Wildman–Crippen MR) is 91.9 cm³/mol. The highest BCUT2D eigenvalue weighted by atomic mass is 16.6. The average molecular weight is 357 g/mol. The van der Waals surface area contributed by atoms with Gasteiger partial charge in [0, 0.05) is 17.8 Å². The fourth-order valence-electron chi connectivity index (χ4n) is 2.57. The van der Waals surface area contributed by atoms with Crippen LogP contribution in [0.2, 0.25) is 0 Å². The summed E-state index contributed by atoms with van der Waals surface area (Å²) in [5.74, 6) is -0.657. The zero-order chi connectivity index (χ0) is 18.7. The monoisotopic (exact) mass is 357 g/mol. The molecule has 26 heavy (non-hydrogen) atoms. The highest BCUT2D eigenvalue weighted by molar-refractivity contribution is 6.05. The normalized spacial score (nSPS) is 13.0. The van der Waals surface area contributed by atoms with Crippen LogP contribution < -0.4 is 15.0 Å². The Kier molecular flexibility index (Phi) is 4.81. The maximum Gasteiger partial charge on any atom is 0.271 e. The lowest BCUT2D eigenvalue weighted by atomic mass is 10.2. The van der Waals surface area contributed by atoms with E-state index in [-0.39, 0.29) is 31.1 Å². The third-order valence-corrected chi connectivity index (χ3v) is 3.79. The Hall–Kier alpha value is -3.46. The lowest BCUT2D eigenvalue weighted by Crippen LogP contribution is -2.43. The predicted octanol–water partition coefficient (Wildman–Crippen LogP) is 1.45. The van der Waals surface area contributed by atoms with E-state index in [0.717, 1.165) is 4.90 Å². The number of hydrogen-bond acceptors (Lipinski definition) is 6. The van der Waals surface area contributed by atoms with Gasteiger partial charge in [0.1, 0.15) is 12.3 Å². The molecule has 0 saturated heterocycles. The molecule has 0 aliphatic carbocycles. The molecule has 0 spiro atoms. The first kappa shape index (κ1) is 17.4. The number of amides is 2. The number of nitrogens with one attached hydrogen (secondary N) is 1. The maximum absolute atomic E-state index is 12.3. The van der Waals surface area contributed by atoms with Crippen molar-refractivity contribution in [3.05, 3.63) is 58.1 Å². The van der Waals surface area contributed by atoms with Gasteiger partial charge in [-0.05, 0) is 23.8 Å². The molecule has 1 aliphatic rings. The zero-order valence-corrected chi connectivity index (χ0v) is 13.5. The largest absolute Gasteiger partial charge is 0.482 e. The van der Waals surface area contributed by atoms with Gasteiger partial charge in [0.25, 0.3) is 11.6 Å². The number of aliphatic hydroxyl groups excluding tert-OH is 1. The Balaban J connectivity index is 1.80. The van der Waals surface area contributed by atoms with Gasteiger partial charge in [-0.15, -0.1) is 0 Å². The quantitative estimate of drug-likeness (QED) is 0.617. The summed E-state index contributed by atoms with van der Waals surface area (Å²) in [6.07, 6.45) is 0. The van der Waals surface area contributed by atoms with Crippen LogP contribution in [0, 0.1) is 10.1 Å². The number of rotatable bonds is 5. The lowest BCUT2D eigenvalue weighted by molar-refractivity contribution is -0.384. The zero-order valence-electron chi connectivity index (χ0n) is 13.5. The third-order valence-electron chi connectivity index (χ3n) is 3.79. The van der Waals surface area contributed by atoms with Crippen LogP contribution in [0.25, 0.3) is 0 Å². The molecule has 0 fully saturated rings. The van der Waals surface area contributed by atoms with Gasteiger partial charge < -0.3 is 15.2 Å². The van der Waals surface area contributed by atoms with Crippen molar-refractivity contribution in [3.8, 4) is 5.75 Å². The minimum atomic E-state index is -0.585. The summed E-state index contributed by atoms with van der Waals surface area (Å²) in [6, 6.07) is 10.5. The van der Waals surface area contributed by atoms with Gasteiger partial charge in [-0.3, -0.25) is 24.6 Å². The second-order valence-electron chi connectivity index (χ2n) is 5.58. The van der Waals surface area contributed by atoms with Gasteiger partial charge >= 0.3 is 0 Å². The highest BCUT2D eigenvalue weighted by Crippen LogP contribution is 2.35. The number of ether oxygens (including phenoxy) is 1. The van der Waals surface area contributed by atoms with E-state index in [9.17, 15) is 19.7 Å². The second kappa shape index (κ2) is 7.19. The van der Waals surface area contributed by atoms with E-state index < -0.39 is 16.7 Å². The fraction of sp³-hybridized carbons (Fsp3) is 0.176. The Morgan fingerprint density at radius 3 is 2.85 bits per heavy atom. The summed E-state index contributed by atoms with van der Waals surface area (Å²) in [7, 11) is 0. The molecule has 9 nitrogen and oxygen atoms in total. The summed E-state index contributed by atoms with van der Waals surface area (Å²) in [4.78, 5) is 36.0. The minimum absolute atomic E-state index is 0.164. The van der Waals surface area contributed by atoms with Crippen LogP contribution in [0.4, 0.5) is 17.1 Å². The smallest absolute Gasteiger partial charge is 0.271 e. The number of carbonyl (C=O) groups excluding carboxylic acids is 2. The molecular formula is C17H15N3O6. The van der Waals surface area contributed by atoms with E-state index in [0.29, 0.717) is 17.0 Å². The van der Waals surface area contributed by atoms with E-state index in [4.69, 9.17) is 9.84 Å². The molecular weight excluding hydrogens is 342 g/mol. The molecule has 0 atom stereocenters. The minimum Gasteiger partial charge on any atom is -0.482 e. The Bertz CT molecular complexity index is 883. The van der Waals surface area contributed by atoms with Crippen molar-refractivity contribution in [2.45, 2.75) is 6.61 Å². The molecule has 0 aromatic heterocycles. The van der Waals surface area contributed by atoms with Crippen LogP contribution in [0.15, 0.2) is 42.5 Å². The molecule has 2 aromatic carbocycles. The van der Waals surface area contributed by atoms with Crippen molar-refractivity contribution < 1.29 is 24.4 Å². The number of carbonyl (C=O) groups is 2. The van der Waals surface area contributed by atoms with E-state index in [1.807, 2.05) is 0 Å². The SMILES string of the molecule is O=C(CN1C(=O)COc2ccc([N+](=O)[O-])cc21)Nc1cccc(CO)c1. The number of aliphatic hydroxyl groups is 1.